The van der Waals surface area contributed by atoms with Gasteiger partial charge >= 0.3 is 5.97 Å². The van der Waals surface area contributed by atoms with E-state index < -0.39 is 5.97 Å². The van der Waals surface area contributed by atoms with E-state index in [-0.39, 0.29) is 6.61 Å². The van der Waals surface area contributed by atoms with Crippen molar-refractivity contribution < 1.29 is 9.53 Å². The number of esters is 1. The summed E-state index contributed by atoms with van der Waals surface area (Å²) in [7, 11) is 0. The van der Waals surface area contributed by atoms with Crippen LogP contribution in [0.4, 0.5) is 0 Å². The summed E-state index contributed by atoms with van der Waals surface area (Å²) < 4.78 is 6.02. The number of H-pyrrole nitrogens is 2. The zero-order valence-electron chi connectivity index (χ0n) is 16.4. The summed E-state index contributed by atoms with van der Waals surface area (Å²) in [6, 6.07) is 21.0. The molecule has 2 N–H and O–H groups in total. The number of benzene rings is 3. The summed E-state index contributed by atoms with van der Waals surface area (Å²) in [4.78, 5) is 18.8. The maximum atomic E-state index is 12.7. The number of hydrogen-bond acceptors (Lipinski definition) is 4. The average molecular weight is 414 g/mol. The maximum Gasteiger partial charge on any atom is 0.340 e. The number of hydrogen-bond donors (Lipinski definition) is 2. The standard InChI is InChI=1S/C24H19N3O2S/c1-2-16-11-12-20(22-21(16)26-24(30)27-22)23(28)29-14-15-7-9-17(10-8-15)19-6-4-3-5-18(19)13-25/h3-12H,2,14H2,1H3,(H2,26,27,30). The van der Waals surface area contributed by atoms with Gasteiger partial charge in [0.25, 0.3) is 0 Å². The van der Waals surface area contributed by atoms with Gasteiger partial charge in [0.15, 0.2) is 4.77 Å². The SMILES string of the molecule is CCc1ccc(C(=O)OCc2ccc(-c3ccccc3C#N)cc2)c2[nH]c(=S)[nH]c12. The van der Waals surface area contributed by atoms with Gasteiger partial charge in [-0.15, -0.1) is 0 Å². The molecule has 30 heavy (non-hydrogen) atoms. The molecular formula is C24H19N3O2S. The molecular weight excluding hydrogens is 394 g/mol. The Labute approximate surface area is 179 Å². The first-order valence-electron chi connectivity index (χ1n) is 9.60. The molecule has 6 heteroatoms. The highest BCUT2D eigenvalue weighted by Crippen LogP contribution is 2.24. The van der Waals surface area contributed by atoms with Crippen LogP contribution in [0, 0.1) is 16.1 Å². The quantitative estimate of drug-likeness (QED) is 0.326. The van der Waals surface area contributed by atoms with Crippen LogP contribution < -0.4 is 0 Å². The van der Waals surface area contributed by atoms with Crippen LogP contribution >= 0.6 is 12.2 Å². The van der Waals surface area contributed by atoms with Gasteiger partial charge in [0, 0.05) is 0 Å². The zero-order chi connectivity index (χ0) is 21.1. The number of nitrogens with one attached hydrogen (secondary N) is 2. The highest BCUT2D eigenvalue weighted by atomic mass is 32.1. The second-order valence-corrected chi connectivity index (χ2v) is 7.29. The van der Waals surface area contributed by atoms with E-state index in [1.54, 1.807) is 12.1 Å². The van der Waals surface area contributed by atoms with Crippen LogP contribution in [0.5, 0.6) is 0 Å². The Bertz CT molecular complexity index is 1330. The molecule has 0 saturated carbocycles. The second kappa shape index (κ2) is 8.36. The molecule has 0 aliphatic heterocycles. The summed E-state index contributed by atoms with van der Waals surface area (Å²) in [6.45, 7) is 2.20. The van der Waals surface area contributed by atoms with E-state index in [9.17, 15) is 10.1 Å². The van der Waals surface area contributed by atoms with Crippen LogP contribution in [-0.2, 0) is 17.8 Å². The second-order valence-electron chi connectivity index (χ2n) is 6.89. The first kappa shape index (κ1) is 19.6. The molecule has 0 aliphatic carbocycles. The van der Waals surface area contributed by atoms with Crippen LogP contribution in [-0.4, -0.2) is 15.9 Å². The van der Waals surface area contributed by atoms with Crippen molar-refractivity contribution in [2.24, 2.45) is 0 Å². The monoisotopic (exact) mass is 413 g/mol. The first-order valence-corrected chi connectivity index (χ1v) is 10.0. The lowest BCUT2D eigenvalue weighted by Gasteiger charge is -2.09. The molecule has 0 atom stereocenters. The minimum Gasteiger partial charge on any atom is -0.457 e. The number of fused-ring (bicyclic) bond motifs is 1. The normalized spacial score (nSPS) is 10.7. The Balaban J connectivity index is 1.52. The minimum atomic E-state index is -0.410. The molecule has 0 radical (unpaired) electrons. The molecule has 0 unspecified atom stereocenters. The lowest BCUT2D eigenvalue weighted by atomic mass is 9.99. The Morgan fingerprint density at radius 3 is 2.50 bits per heavy atom. The summed E-state index contributed by atoms with van der Waals surface area (Å²) in [5, 5.41) is 9.28. The van der Waals surface area contributed by atoms with Crippen LogP contribution in [0.15, 0.2) is 60.7 Å². The van der Waals surface area contributed by atoms with Gasteiger partial charge in [-0.3, -0.25) is 0 Å². The third-order valence-electron chi connectivity index (χ3n) is 5.05. The molecule has 0 saturated heterocycles. The molecule has 4 aromatic rings. The van der Waals surface area contributed by atoms with Crippen molar-refractivity contribution in [3.05, 3.63) is 87.7 Å². The van der Waals surface area contributed by atoms with Crippen LogP contribution in [0.25, 0.3) is 22.2 Å². The van der Waals surface area contributed by atoms with E-state index in [1.807, 2.05) is 48.5 Å². The zero-order valence-corrected chi connectivity index (χ0v) is 17.2. The molecule has 5 nitrogen and oxygen atoms in total. The van der Waals surface area contributed by atoms with Crippen LogP contribution in [0.2, 0.25) is 0 Å². The largest absolute Gasteiger partial charge is 0.457 e. The Kier molecular flexibility index (Phi) is 5.46. The van der Waals surface area contributed by atoms with Gasteiger partial charge in [0.1, 0.15) is 6.61 Å². The van der Waals surface area contributed by atoms with Crippen molar-refractivity contribution in [2.75, 3.05) is 0 Å². The van der Waals surface area contributed by atoms with Crippen molar-refractivity contribution in [1.29, 1.82) is 5.26 Å². The van der Waals surface area contributed by atoms with Gasteiger partial charge in [-0.1, -0.05) is 55.5 Å². The molecule has 1 heterocycles. The van der Waals surface area contributed by atoms with Crippen molar-refractivity contribution in [3.63, 3.8) is 0 Å². The molecule has 0 bridgehead atoms. The van der Waals surface area contributed by atoms with Crippen molar-refractivity contribution >= 4 is 29.2 Å². The van der Waals surface area contributed by atoms with E-state index in [0.29, 0.717) is 21.4 Å². The topological polar surface area (TPSA) is 81.7 Å². The van der Waals surface area contributed by atoms with Crippen molar-refractivity contribution in [1.82, 2.24) is 9.97 Å². The summed E-state index contributed by atoms with van der Waals surface area (Å²) in [5.41, 5.74) is 6.37. The maximum absolute atomic E-state index is 12.7. The number of imidazole rings is 1. The summed E-state index contributed by atoms with van der Waals surface area (Å²) in [5.74, 6) is -0.410. The van der Waals surface area contributed by atoms with Crippen molar-refractivity contribution in [3.8, 4) is 17.2 Å². The molecule has 0 aliphatic rings. The molecule has 0 spiro atoms. The average Bonchev–Trinajstić information content (AvgIpc) is 3.18. The number of nitriles is 1. The fourth-order valence-corrected chi connectivity index (χ4v) is 3.69. The van der Waals surface area contributed by atoms with E-state index in [1.165, 1.54) is 0 Å². The molecule has 1 aromatic heterocycles. The van der Waals surface area contributed by atoms with Gasteiger partial charge in [0.05, 0.1) is 28.2 Å². The Morgan fingerprint density at radius 1 is 1.03 bits per heavy atom. The van der Waals surface area contributed by atoms with E-state index >= 15 is 0 Å². The highest BCUT2D eigenvalue weighted by molar-refractivity contribution is 7.71. The first-order chi connectivity index (χ1) is 14.6. The number of nitrogens with zero attached hydrogens (tertiary/aromatic N) is 1. The summed E-state index contributed by atoms with van der Waals surface area (Å²) in [6.07, 6.45) is 0.830. The van der Waals surface area contributed by atoms with Gasteiger partial charge < -0.3 is 14.7 Å². The Morgan fingerprint density at radius 2 is 1.77 bits per heavy atom. The lowest BCUT2D eigenvalue weighted by Crippen LogP contribution is -2.06. The number of aromatic amines is 2. The number of aryl methyl sites for hydroxylation is 1. The number of ether oxygens (including phenoxy) is 1. The lowest BCUT2D eigenvalue weighted by molar-refractivity contribution is 0.0475. The molecule has 0 fully saturated rings. The van der Waals surface area contributed by atoms with Gasteiger partial charge in [-0.05, 0) is 53.0 Å². The van der Waals surface area contributed by atoms with Gasteiger partial charge in [-0.25, -0.2) is 4.79 Å². The smallest absolute Gasteiger partial charge is 0.340 e. The Hall–Kier alpha value is -3.69. The van der Waals surface area contributed by atoms with Crippen LogP contribution in [0.3, 0.4) is 0 Å². The third-order valence-corrected chi connectivity index (χ3v) is 5.26. The van der Waals surface area contributed by atoms with Crippen LogP contribution in [0.1, 0.15) is 34.0 Å². The van der Waals surface area contributed by atoms with Gasteiger partial charge in [0.2, 0.25) is 0 Å². The predicted octanol–water partition coefficient (Wildman–Crippen LogP) is 5.68. The fourth-order valence-electron chi connectivity index (χ4n) is 3.48. The molecule has 0 amide bonds. The fraction of sp³-hybridized carbons (Fsp3) is 0.125. The molecule has 148 valence electrons. The third kappa shape index (κ3) is 3.76. The van der Waals surface area contributed by atoms with E-state index in [4.69, 9.17) is 17.0 Å². The minimum absolute atomic E-state index is 0.154. The highest BCUT2D eigenvalue weighted by Gasteiger charge is 2.15. The van der Waals surface area contributed by atoms with Crippen molar-refractivity contribution in [2.45, 2.75) is 20.0 Å². The molecule has 4 rings (SSSR count). The van der Waals surface area contributed by atoms with E-state index in [2.05, 4.69) is 23.0 Å². The summed E-state index contributed by atoms with van der Waals surface area (Å²) >= 11 is 5.19. The number of carbonyl (C=O) groups excluding carboxylic acids is 1. The van der Waals surface area contributed by atoms with Gasteiger partial charge in [-0.2, -0.15) is 5.26 Å². The van der Waals surface area contributed by atoms with E-state index in [0.717, 1.165) is 34.2 Å². The molecule has 3 aromatic carbocycles. The number of carbonyl (C=O) groups is 1. The predicted molar refractivity (Wildman–Crippen MR) is 119 cm³/mol. The number of rotatable bonds is 5. The number of aromatic nitrogens is 2.